The summed E-state index contributed by atoms with van der Waals surface area (Å²) in [6, 6.07) is 9.05. The number of anilines is 2. The first kappa shape index (κ1) is 14.5. The van der Waals surface area contributed by atoms with Gasteiger partial charge in [0.1, 0.15) is 5.82 Å². The van der Waals surface area contributed by atoms with E-state index in [1.807, 2.05) is 32.0 Å². The molecule has 0 aliphatic heterocycles. The first-order chi connectivity index (χ1) is 9.49. The Morgan fingerprint density at radius 2 is 2.10 bits per heavy atom. The Kier molecular flexibility index (Phi) is 4.39. The molecule has 0 saturated carbocycles. The molecule has 2 N–H and O–H groups in total. The highest BCUT2D eigenvalue weighted by atomic mass is 79.9. The fourth-order valence-corrected chi connectivity index (χ4v) is 2.17. The number of nitrogens with zero attached hydrogens (tertiary/aromatic N) is 1. The number of aromatic nitrogens is 1. The second-order valence-corrected chi connectivity index (χ2v) is 5.35. The van der Waals surface area contributed by atoms with Crippen molar-refractivity contribution in [1.82, 2.24) is 4.98 Å². The van der Waals surface area contributed by atoms with Crippen LogP contribution in [0.5, 0.6) is 0 Å². The van der Waals surface area contributed by atoms with Crippen molar-refractivity contribution in [3.8, 4) is 0 Å². The van der Waals surface area contributed by atoms with Gasteiger partial charge in [-0.1, -0.05) is 13.0 Å². The topological polar surface area (TPSA) is 62.2 Å². The first-order valence-electron chi connectivity index (χ1n) is 6.27. The van der Waals surface area contributed by atoms with Crippen molar-refractivity contribution in [3.63, 3.8) is 0 Å². The smallest absolute Gasteiger partial charge is 0.335 e. The molecule has 0 spiro atoms. The average molecular weight is 335 g/mol. The monoisotopic (exact) mass is 334 g/mol. The van der Waals surface area contributed by atoms with Gasteiger partial charge in [-0.2, -0.15) is 0 Å². The lowest BCUT2D eigenvalue weighted by Gasteiger charge is -2.11. The van der Waals surface area contributed by atoms with E-state index in [-0.39, 0.29) is 5.56 Å². The van der Waals surface area contributed by atoms with Gasteiger partial charge in [0.05, 0.1) is 11.3 Å². The van der Waals surface area contributed by atoms with Crippen molar-refractivity contribution >= 4 is 33.4 Å². The molecule has 0 atom stereocenters. The molecule has 2 rings (SSSR count). The normalized spacial score (nSPS) is 10.3. The molecule has 0 radical (unpaired) electrons. The minimum atomic E-state index is -0.951. The number of nitrogens with one attached hydrogen (secondary N) is 1. The second-order valence-electron chi connectivity index (χ2n) is 4.50. The zero-order valence-corrected chi connectivity index (χ0v) is 12.9. The Bertz CT molecular complexity index is 656. The van der Waals surface area contributed by atoms with Crippen LogP contribution in [0.15, 0.2) is 34.8 Å². The lowest BCUT2D eigenvalue weighted by Crippen LogP contribution is -2.03. The van der Waals surface area contributed by atoms with Gasteiger partial charge in [-0.05, 0) is 59.1 Å². The van der Waals surface area contributed by atoms with Crippen LogP contribution < -0.4 is 5.32 Å². The molecule has 2 aromatic rings. The van der Waals surface area contributed by atoms with Crippen LogP contribution in [0.25, 0.3) is 0 Å². The standard InChI is InChI=1S/C15H15BrN2O2/c1-3-11-7-10(15(19)20)8-14(17-11)18-13-6-9(2)4-5-12(13)16/h4-8H,3H2,1-2H3,(H,17,18)(H,19,20). The minimum Gasteiger partial charge on any atom is -0.478 e. The molecule has 0 bridgehead atoms. The number of halogens is 1. The number of aromatic carboxylic acids is 1. The number of hydrogen-bond acceptors (Lipinski definition) is 3. The van der Waals surface area contributed by atoms with Gasteiger partial charge in [-0.15, -0.1) is 0 Å². The lowest BCUT2D eigenvalue weighted by atomic mass is 10.2. The van der Waals surface area contributed by atoms with E-state index >= 15 is 0 Å². The Morgan fingerprint density at radius 3 is 2.75 bits per heavy atom. The molecule has 104 valence electrons. The summed E-state index contributed by atoms with van der Waals surface area (Å²) in [6.07, 6.45) is 0.685. The Balaban J connectivity index is 2.39. The Hall–Kier alpha value is -1.88. The van der Waals surface area contributed by atoms with Crippen LogP contribution in [0.1, 0.15) is 28.5 Å². The molecule has 1 heterocycles. The second kappa shape index (κ2) is 6.05. The van der Waals surface area contributed by atoms with Crippen molar-refractivity contribution in [2.24, 2.45) is 0 Å². The fraction of sp³-hybridized carbons (Fsp3) is 0.200. The first-order valence-corrected chi connectivity index (χ1v) is 7.06. The van der Waals surface area contributed by atoms with E-state index in [4.69, 9.17) is 5.11 Å². The van der Waals surface area contributed by atoms with Crippen molar-refractivity contribution in [2.45, 2.75) is 20.3 Å². The van der Waals surface area contributed by atoms with E-state index in [0.29, 0.717) is 12.2 Å². The van der Waals surface area contributed by atoms with Gasteiger partial charge in [0, 0.05) is 10.2 Å². The number of aryl methyl sites for hydroxylation is 2. The van der Waals surface area contributed by atoms with Crippen LogP contribution in [0.3, 0.4) is 0 Å². The van der Waals surface area contributed by atoms with Crippen molar-refractivity contribution in [1.29, 1.82) is 0 Å². The van der Waals surface area contributed by atoms with Gasteiger partial charge < -0.3 is 10.4 Å². The maximum absolute atomic E-state index is 11.1. The van der Waals surface area contributed by atoms with Gasteiger partial charge in [0.15, 0.2) is 0 Å². The van der Waals surface area contributed by atoms with Crippen LogP contribution in [0.2, 0.25) is 0 Å². The zero-order valence-electron chi connectivity index (χ0n) is 11.3. The van der Waals surface area contributed by atoms with E-state index in [0.717, 1.165) is 21.4 Å². The van der Waals surface area contributed by atoms with Gasteiger partial charge in [-0.25, -0.2) is 9.78 Å². The third-order valence-corrected chi connectivity index (χ3v) is 3.56. The molecule has 20 heavy (non-hydrogen) atoms. The summed E-state index contributed by atoms with van der Waals surface area (Å²) >= 11 is 3.46. The van der Waals surface area contributed by atoms with Gasteiger partial charge >= 0.3 is 5.97 Å². The molecule has 0 unspecified atom stereocenters. The highest BCUT2D eigenvalue weighted by Gasteiger charge is 2.09. The number of carbonyl (C=O) groups is 1. The number of hydrogen-bond donors (Lipinski definition) is 2. The molecule has 0 aliphatic rings. The summed E-state index contributed by atoms with van der Waals surface area (Å²) in [7, 11) is 0. The average Bonchev–Trinajstić information content (AvgIpc) is 2.42. The quantitative estimate of drug-likeness (QED) is 0.881. The third kappa shape index (κ3) is 3.36. The molecule has 4 nitrogen and oxygen atoms in total. The lowest BCUT2D eigenvalue weighted by molar-refractivity contribution is 0.0696. The third-order valence-electron chi connectivity index (χ3n) is 2.87. The number of rotatable bonds is 4. The van der Waals surface area contributed by atoms with E-state index in [1.54, 1.807) is 6.07 Å². The molecular weight excluding hydrogens is 320 g/mol. The number of pyridine rings is 1. The van der Waals surface area contributed by atoms with Gasteiger partial charge in [0.2, 0.25) is 0 Å². The number of carboxylic acid groups (broad SMARTS) is 1. The van der Waals surface area contributed by atoms with E-state index in [9.17, 15) is 4.79 Å². The van der Waals surface area contributed by atoms with Crippen LogP contribution in [0, 0.1) is 6.92 Å². The van der Waals surface area contributed by atoms with E-state index in [1.165, 1.54) is 6.07 Å². The van der Waals surface area contributed by atoms with Gasteiger partial charge in [-0.3, -0.25) is 0 Å². The summed E-state index contributed by atoms with van der Waals surface area (Å²) in [5, 5.41) is 12.3. The highest BCUT2D eigenvalue weighted by Crippen LogP contribution is 2.26. The predicted molar refractivity (Wildman–Crippen MR) is 82.7 cm³/mol. The van der Waals surface area contributed by atoms with E-state index < -0.39 is 5.97 Å². The van der Waals surface area contributed by atoms with Crippen LogP contribution >= 0.6 is 15.9 Å². The maximum Gasteiger partial charge on any atom is 0.335 e. The van der Waals surface area contributed by atoms with Gasteiger partial charge in [0.25, 0.3) is 0 Å². The van der Waals surface area contributed by atoms with Crippen molar-refractivity contribution < 1.29 is 9.90 Å². The highest BCUT2D eigenvalue weighted by molar-refractivity contribution is 9.10. The molecule has 5 heteroatoms. The van der Waals surface area contributed by atoms with E-state index in [2.05, 4.69) is 26.2 Å². The van der Waals surface area contributed by atoms with Crippen LogP contribution in [0.4, 0.5) is 11.5 Å². The SMILES string of the molecule is CCc1cc(C(=O)O)cc(Nc2cc(C)ccc2Br)n1. The van der Waals surface area contributed by atoms with Crippen molar-refractivity contribution in [3.05, 3.63) is 51.6 Å². The Labute approximate surface area is 126 Å². The largest absolute Gasteiger partial charge is 0.478 e. The summed E-state index contributed by atoms with van der Waals surface area (Å²) < 4.78 is 0.906. The molecule has 0 saturated heterocycles. The maximum atomic E-state index is 11.1. The zero-order chi connectivity index (χ0) is 14.7. The van der Waals surface area contributed by atoms with Crippen LogP contribution in [-0.2, 0) is 6.42 Å². The number of benzene rings is 1. The molecular formula is C15H15BrN2O2. The molecule has 0 amide bonds. The predicted octanol–water partition coefficient (Wildman–Crippen LogP) is 4.16. The Morgan fingerprint density at radius 1 is 1.35 bits per heavy atom. The fourth-order valence-electron chi connectivity index (χ4n) is 1.83. The molecule has 1 aromatic carbocycles. The summed E-state index contributed by atoms with van der Waals surface area (Å²) in [5.74, 6) is -0.415. The summed E-state index contributed by atoms with van der Waals surface area (Å²) in [4.78, 5) is 15.5. The summed E-state index contributed by atoms with van der Waals surface area (Å²) in [5.41, 5.74) is 2.96. The number of carboxylic acids is 1. The van der Waals surface area contributed by atoms with Crippen LogP contribution in [-0.4, -0.2) is 16.1 Å². The minimum absolute atomic E-state index is 0.239. The molecule has 0 aliphatic carbocycles. The van der Waals surface area contributed by atoms with Crippen molar-refractivity contribution in [2.75, 3.05) is 5.32 Å². The molecule has 0 fully saturated rings. The summed E-state index contributed by atoms with van der Waals surface area (Å²) in [6.45, 7) is 3.94. The molecule has 1 aromatic heterocycles.